The zero-order valence-corrected chi connectivity index (χ0v) is 13.7. The van der Waals surface area contributed by atoms with E-state index in [1.165, 1.54) is 64.2 Å². The fraction of sp³-hybridized carbons (Fsp3) is 0.737. The first-order valence-electron chi connectivity index (χ1n) is 8.58. The highest BCUT2D eigenvalue weighted by Crippen LogP contribution is 2.09. The molecule has 0 atom stereocenters. The van der Waals surface area contributed by atoms with Crippen molar-refractivity contribution in [1.82, 2.24) is 0 Å². The number of hydrogen-bond acceptors (Lipinski definition) is 1. The molecule has 0 unspecified atom stereocenters. The second-order valence-electron chi connectivity index (χ2n) is 5.71. The van der Waals surface area contributed by atoms with Gasteiger partial charge in [0.2, 0.25) is 0 Å². The van der Waals surface area contributed by atoms with Crippen molar-refractivity contribution in [3.63, 3.8) is 0 Å². The van der Waals surface area contributed by atoms with E-state index in [0.29, 0.717) is 5.78 Å². The highest BCUT2D eigenvalue weighted by atomic mass is 16.1. The van der Waals surface area contributed by atoms with Gasteiger partial charge in [-0.05, 0) is 39.0 Å². The van der Waals surface area contributed by atoms with Crippen LogP contribution in [0.1, 0.15) is 90.9 Å². The van der Waals surface area contributed by atoms with Gasteiger partial charge in [0.1, 0.15) is 5.78 Å². The molecule has 0 fully saturated rings. The molecule has 0 rings (SSSR count). The van der Waals surface area contributed by atoms with Crippen molar-refractivity contribution in [2.45, 2.75) is 90.9 Å². The van der Waals surface area contributed by atoms with E-state index in [9.17, 15) is 4.79 Å². The quantitative estimate of drug-likeness (QED) is 0.266. The van der Waals surface area contributed by atoms with Crippen molar-refractivity contribution < 1.29 is 4.79 Å². The molecule has 1 heteroatoms. The van der Waals surface area contributed by atoms with Gasteiger partial charge in [-0.15, -0.1) is 0 Å². The van der Waals surface area contributed by atoms with Crippen molar-refractivity contribution in [2.75, 3.05) is 0 Å². The van der Waals surface area contributed by atoms with E-state index < -0.39 is 0 Å². The average Bonchev–Trinajstić information content (AvgIpc) is 2.43. The summed E-state index contributed by atoms with van der Waals surface area (Å²) in [5, 5.41) is 0. The van der Waals surface area contributed by atoms with E-state index in [2.05, 4.69) is 31.2 Å². The van der Waals surface area contributed by atoms with Crippen LogP contribution in [0.15, 0.2) is 24.3 Å². The molecule has 0 aromatic rings. The highest BCUT2D eigenvalue weighted by Gasteiger charge is 1.93. The Labute approximate surface area is 126 Å². The molecule has 0 saturated carbocycles. The van der Waals surface area contributed by atoms with Gasteiger partial charge < -0.3 is 4.79 Å². The van der Waals surface area contributed by atoms with Gasteiger partial charge in [0.25, 0.3) is 0 Å². The summed E-state index contributed by atoms with van der Waals surface area (Å²) in [6, 6.07) is 0. The standard InChI is InChI=1S/C19H34O/c1-3-4-5-6-7-8-9-10-11-12-13-14-15-16-17-18-19(2)20/h7-10H,3-6,11-18H2,1-2H3. The van der Waals surface area contributed by atoms with Gasteiger partial charge in [0.05, 0.1) is 0 Å². The van der Waals surface area contributed by atoms with Crippen LogP contribution in [0.25, 0.3) is 0 Å². The summed E-state index contributed by atoms with van der Waals surface area (Å²) in [6.45, 7) is 3.93. The first-order valence-corrected chi connectivity index (χ1v) is 8.58. The van der Waals surface area contributed by atoms with Crippen molar-refractivity contribution >= 4 is 5.78 Å². The molecule has 0 aliphatic rings. The Bertz CT molecular complexity index is 263. The van der Waals surface area contributed by atoms with Crippen LogP contribution < -0.4 is 0 Å². The van der Waals surface area contributed by atoms with Crippen molar-refractivity contribution in [3.05, 3.63) is 24.3 Å². The molecule has 20 heavy (non-hydrogen) atoms. The van der Waals surface area contributed by atoms with Crippen LogP contribution in [0.4, 0.5) is 0 Å². The van der Waals surface area contributed by atoms with Gasteiger partial charge >= 0.3 is 0 Å². The monoisotopic (exact) mass is 278 g/mol. The van der Waals surface area contributed by atoms with E-state index in [0.717, 1.165) is 12.8 Å². The van der Waals surface area contributed by atoms with Crippen LogP contribution in [0.3, 0.4) is 0 Å². The molecule has 0 radical (unpaired) electrons. The second-order valence-corrected chi connectivity index (χ2v) is 5.71. The number of rotatable bonds is 14. The maximum absolute atomic E-state index is 10.8. The number of allylic oxidation sites excluding steroid dienone is 4. The zero-order valence-electron chi connectivity index (χ0n) is 13.7. The van der Waals surface area contributed by atoms with Gasteiger partial charge in [-0.2, -0.15) is 0 Å². The van der Waals surface area contributed by atoms with Crippen LogP contribution in [0, 0.1) is 0 Å². The fourth-order valence-corrected chi connectivity index (χ4v) is 2.21. The molecule has 0 saturated heterocycles. The van der Waals surface area contributed by atoms with Gasteiger partial charge in [0, 0.05) is 6.42 Å². The summed E-state index contributed by atoms with van der Waals surface area (Å²) in [7, 11) is 0. The molecule has 0 bridgehead atoms. The van der Waals surface area contributed by atoms with Crippen LogP contribution >= 0.6 is 0 Å². The smallest absolute Gasteiger partial charge is 0.129 e. The number of hydrogen-bond donors (Lipinski definition) is 0. The number of carbonyl (C=O) groups excluding carboxylic acids is 1. The van der Waals surface area contributed by atoms with Crippen molar-refractivity contribution in [1.29, 1.82) is 0 Å². The van der Waals surface area contributed by atoms with Gasteiger partial charge in [-0.1, -0.05) is 69.8 Å². The largest absolute Gasteiger partial charge is 0.300 e. The maximum atomic E-state index is 10.8. The van der Waals surface area contributed by atoms with Crippen LogP contribution in [-0.2, 0) is 4.79 Å². The maximum Gasteiger partial charge on any atom is 0.129 e. The van der Waals surface area contributed by atoms with E-state index in [1.54, 1.807) is 6.92 Å². The molecule has 0 N–H and O–H groups in total. The lowest BCUT2D eigenvalue weighted by atomic mass is 10.1. The van der Waals surface area contributed by atoms with Crippen LogP contribution in [0.2, 0.25) is 0 Å². The summed E-state index contributed by atoms with van der Waals surface area (Å²) < 4.78 is 0. The molecule has 116 valence electrons. The molecule has 0 amide bonds. The SMILES string of the molecule is CCCCCC=CC=CCCCCCCCCC(C)=O. The number of Topliss-reactive ketones (excluding diaryl/α,β-unsaturated/α-hetero) is 1. The molecular weight excluding hydrogens is 244 g/mol. The third kappa shape index (κ3) is 17.2. The summed E-state index contributed by atoms with van der Waals surface area (Å²) in [5.41, 5.74) is 0. The Morgan fingerprint density at radius 2 is 1.25 bits per heavy atom. The lowest BCUT2D eigenvalue weighted by Gasteiger charge is -1.99. The van der Waals surface area contributed by atoms with Gasteiger partial charge in [-0.25, -0.2) is 0 Å². The molecule has 1 nitrogen and oxygen atoms in total. The molecule has 0 aliphatic heterocycles. The molecule has 0 heterocycles. The predicted octanol–water partition coefficient (Wildman–Crippen LogP) is 6.39. The van der Waals surface area contributed by atoms with Crippen molar-refractivity contribution in [3.8, 4) is 0 Å². The van der Waals surface area contributed by atoms with Gasteiger partial charge in [0.15, 0.2) is 0 Å². The third-order valence-electron chi connectivity index (χ3n) is 3.51. The number of carbonyl (C=O) groups is 1. The minimum atomic E-state index is 0.331. The zero-order chi connectivity index (χ0) is 14.9. The normalized spacial score (nSPS) is 11.7. The second kappa shape index (κ2) is 16.2. The van der Waals surface area contributed by atoms with Crippen LogP contribution in [0.5, 0.6) is 0 Å². The number of ketones is 1. The Hall–Kier alpha value is -0.850. The molecular formula is C19H34O. The molecule has 0 aliphatic carbocycles. The van der Waals surface area contributed by atoms with Crippen molar-refractivity contribution in [2.24, 2.45) is 0 Å². The van der Waals surface area contributed by atoms with E-state index in [-0.39, 0.29) is 0 Å². The predicted molar refractivity (Wildman–Crippen MR) is 90.0 cm³/mol. The van der Waals surface area contributed by atoms with E-state index in [4.69, 9.17) is 0 Å². The van der Waals surface area contributed by atoms with E-state index in [1.807, 2.05) is 0 Å². The topological polar surface area (TPSA) is 17.1 Å². The van der Waals surface area contributed by atoms with Gasteiger partial charge in [-0.3, -0.25) is 0 Å². The van der Waals surface area contributed by atoms with E-state index >= 15 is 0 Å². The Kier molecular flexibility index (Phi) is 15.5. The third-order valence-corrected chi connectivity index (χ3v) is 3.51. The first kappa shape index (κ1) is 19.1. The van der Waals surface area contributed by atoms with Crippen LogP contribution in [-0.4, -0.2) is 5.78 Å². The molecule has 0 aromatic heterocycles. The Morgan fingerprint density at radius 1 is 0.750 bits per heavy atom. The first-order chi connectivity index (χ1) is 9.77. The summed E-state index contributed by atoms with van der Waals surface area (Å²) in [4.78, 5) is 10.8. The summed E-state index contributed by atoms with van der Waals surface area (Å²) in [5.74, 6) is 0.331. The average molecular weight is 278 g/mol. The molecule has 0 aromatic carbocycles. The number of unbranched alkanes of at least 4 members (excludes halogenated alkanes) is 9. The minimum Gasteiger partial charge on any atom is -0.300 e. The Balaban J connectivity index is 3.17. The summed E-state index contributed by atoms with van der Waals surface area (Å²) >= 11 is 0. The molecule has 0 spiro atoms. The fourth-order valence-electron chi connectivity index (χ4n) is 2.21. The minimum absolute atomic E-state index is 0.331. The lowest BCUT2D eigenvalue weighted by molar-refractivity contribution is -0.117. The lowest BCUT2D eigenvalue weighted by Crippen LogP contribution is -1.89. The summed E-state index contributed by atoms with van der Waals surface area (Å²) in [6.07, 6.45) is 23.6. The Morgan fingerprint density at radius 3 is 1.80 bits per heavy atom. The highest BCUT2D eigenvalue weighted by molar-refractivity contribution is 5.75.